The van der Waals surface area contributed by atoms with E-state index in [1.165, 1.54) is 12.1 Å². The minimum absolute atomic E-state index is 0.00656. The van der Waals surface area contributed by atoms with Crippen LogP contribution in [0.15, 0.2) is 54.7 Å². The number of hydrogen-bond donors (Lipinski definition) is 1. The van der Waals surface area contributed by atoms with Crippen LogP contribution in [0.1, 0.15) is 23.5 Å². The molecule has 3 heteroatoms. The van der Waals surface area contributed by atoms with Crippen molar-refractivity contribution < 1.29 is 9.18 Å². The first-order valence-electron chi connectivity index (χ1n) is 6.54. The van der Waals surface area contributed by atoms with Crippen molar-refractivity contribution in [3.8, 4) is 0 Å². The number of carbonyl (C=O) groups excluding carboxylic acids is 1. The Bertz CT molecular complexity index is 733. The highest BCUT2D eigenvalue weighted by molar-refractivity contribution is 5.84. The van der Waals surface area contributed by atoms with Crippen LogP contribution in [0.5, 0.6) is 0 Å². The van der Waals surface area contributed by atoms with E-state index in [1.54, 1.807) is 6.07 Å². The summed E-state index contributed by atoms with van der Waals surface area (Å²) in [4.78, 5) is 14.1. The number of aldehydes is 1. The van der Waals surface area contributed by atoms with Gasteiger partial charge in [0.15, 0.2) is 0 Å². The third kappa shape index (κ3) is 2.23. The number of rotatable bonds is 4. The van der Waals surface area contributed by atoms with E-state index in [0.29, 0.717) is 6.42 Å². The van der Waals surface area contributed by atoms with Gasteiger partial charge < -0.3 is 9.78 Å². The van der Waals surface area contributed by atoms with Gasteiger partial charge in [-0.3, -0.25) is 0 Å². The van der Waals surface area contributed by atoms with Crippen molar-refractivity contribution in [2.45, 2.75) is 12.3 Å². The lowest BCUT2D eigenvalue weighted by Gasteiger charge is -2.14. The van der Waals surface area contributed by atoms with Gasteiger partial charge in [0.05, 0.1) is 0 Å². The molecule has 1 N–H and O–H groups in total. The van der Waals surface area contributed by atoms with Gasteiger partial charge in [-0.1, -0.05) is 30.3 Å². The van der Waals surface area contributed by atoms with Crippen molar-refractivity contribution in [2.75, 3.05) is 0 Å². The summed E-state index contributed by atoms with van der Waals surface area (Å²) in [5, 5.41) is 0.960. The predicted octanol–water partition coefficient (Wildman–Crippen LogP) is 4.03. The number of carbonyl (C=O) groups is 1. The summed E-state index contributed by atoms with van der Waals surface area (Å²) in [6.07, 6.45) is 3.21. The van der Waals surface area contributed by atoms with E-state index in [1.807, 2.05) is 36.5 Å². The molecule has 0 saturated carbocycles. The average molecular weight is 267 g/mol. The average Bonchev–Trinajstić information content (AvgIpc) is 2.88. The Morgan fingerprint density at radius 3 is 2.70 bits per heavy atom. The molecular weight excluding hydrogens is 253 g/mol. The zero-order valence-corrected chi connectivity index (χ0v) is 10.8. The summed E-state index contributed by atoms with van der Waals surface area (Å²) in [6.45, 7) is 0. The molecule has 2 aromatic carbocycles. The molecule has 0 saturated heterocycles. The summed E-state index contributed by atoms with van der Waals surface area (Å²) in [6, 6.07) is 14.6. The molecule has 1 aromatic heterocycles. The number of aromatic nitrogens is 1. The first-order valence-corrected chi connectivity index (χ1v) is 6.54. The van der Waals surface area contributed by atoms with Crippen molar-refractivity contribution >= 4 is 17.2 Å². The van der Waals surface area contributed by atoms with Gasteiger partial charge in [-0.25, -0.2) is 4.39 Å². The van der Waals surface area contributed by atoms with Crippen LogP contribution in [0.25, 0.3) is 10.9 Å². The van der Waals surface area contributed by atoms with Crippen molar-refractivity contribution in [3.05, 3.63) is 71.7 Å². The fourth-order valence-corrected chi connectivity index (χ4v) is 2.63. The molecule has 0 amide bonds. The lowest BCUT2D eigenvalue weighted by molar-refractivity contribution is -0.108. The number of halogens is 1. The zero-order chi connectivity index (χ0) is 13.9. The minimum atomic E-state index is -0.266. The van der Waals surface area contributed by atoms with Crippen LogP contribution < -0.4 is 0 Å². The lowest BCUT2D eigenvalue weighted by Crippen LogP contribution is -2.01. The smallest absolute Gasteiger partial charge is 0.125 e. The Morgan fingerprint density at radius 2 is 1.95 bits per heavy atom. The maximum atomic E-state index is 13.2. The highest BCUT2D eigenvalue weighted by atomic mass is 19.1. The highest BCUT2D eigenvalue weighted by Crippen LogP contribution is 2.32. The summed E-state index contributed by atoms with van der Waals surface area (Å²) in [5.41, 5.74) is 2.87. The summed E-state index contributed by atoms with van der Waals surface area (Å²) < 4.78 is 13.2. The van der Waals surface area contributed by atoms with E-state index in [0.717, 1.165) is 28.3 Å². The molecule has 1 heterocycles. The van der Waals surface area contributed by atoms with E-state index < -0.39 is 0 Å². The molecule has 3 aromatic rings. The Balaban J connectivity index is 2.12. The Hall–Kier alpha value is -2.42. The lowest BCUT2D eigenvalue weighted by atomic mass is 9.89. The maximum absolute atomic E-state index is 13.2. The molecule has 1 atom stereocenters. The van der Waals surface area contributed by atoms with Gasteiger partial charge in [0.1, 0.15) is 12.1 Å². The highest BCUT2D eigenvalue weighted by Gasteiger charge is 2.17. The van der Waals surface area contributed by atoms with E-state index in [-0.39, 0.29) is 11.7 Å². The van der Waals surface area contributed by atoms with Gasteiger partial charge in [0.2, 0.25) is 0 Å². The Kier molecular flexibility index (Phi) is 3.33. The topological polar surface area (TPSA) is 32.9 Å². The maximum Gasteiger partial charge on any atom is 0.125 e. The predicted molar refractivity (Wildman–Crippen MR) is 77.2 cm³/mol. The second-order valence-corrected chi connectivity index (χ2v) is 4.80. The number of H-pyrrole nitrogens is 1. The van der Waals surface area contributed by atoms with Crippen molar-refractivity contribution in [1.29, 1.82) is 0 Å². The Labute approximate surface area is 116 Å². The molecule has 0 aliphatic heterocycles. The quantitative estimate of drug-likeness (QED) is 0.711. The van der Waals surface area contributed by atoms with Gasteiger partial charge in [-0.15, -0.1) is 0 Å². The van der Waals surface area contributed by atoms with Crippen LogP contribution in [-0.4, -0.2) is 11.3 Å². The fraction of sp³-hybridized carbons (Fsp3) is 0.118. The van der Waals surface area contributed by atoms with Crippen LogP contribution in [0.4, 0.5) is 4.39 Å². The van der Waals surface area contributed by atoms with Crippen LogP contribution in [0.3, 0.4) is 0 Å². The van der Waals surface area contributed by atoms with Crippen LogP contribution in [0, 0.1) is 5.82 Å². The third-order valence-corrected chi connectivity index (χ3v) is 3.59. The number of hydrogen-bond acceptors (Lipinski definition) is 1. The molecule has 0 fully saturated rings. The molecule has 0 spiro atoms. The summed E-state index contributed by atoms with van der Waals surface area (Å²) in [5.74, 6) is -0.273. The SMILES string of the molecule is O=CCC(c1ccccc1)c1c[nH]c2cc(F)ccc12. The van der Waals surface area contributed by atoms with Crippen molar-refractivity contribution in [1.82, 2.24) is 4.98 Å². The molecular formula is C17H14FNO. The van der Waals surface area contributed by atoms with E-state index in [2.05, 4.69) is 4.98 Å². The first-order chi connectivity index (χ1) is 9.79. The zero-order valence-electron chi connectivity index (χ0n) is 10.8. The van der Waals surface area contributed by atoms with Gasteiger partial charge in [-0.2, -0.15) is 0 Å². The normalized spacial score (nSPS) is 12.4. The molecule has 0 aliphatic carbocycles. The molecule has 1 unspecified atom stereocenters. The van der Waals surface area contributed by atoms with Crippen LogP contribution in [0.2, 0.25) is 0 Å². The van der Waals surface area contributed by atoms with Crippen LogP contribution >= 0.6 is 0 Å². The van der Waals surface area contributed by atoms with Crippen LogP contribution in [-0.2, 0) is 4.79 Å². The second kappa shape index (κ2) is 5.29. The van der Waals surface area contributed by atoms with Gasteiger partial charge in [0.25, 0.3) is 0 Å². The monoisotopic (exact) mass is 267 g/mol. The number of nitrogens with one attached hydrogen (secondary N) is 1. The van der Waals surface area contributed by atoms with Crippen molar-refractivity contribution in [3.63, 3.8) is 0 Å². The third-order valence-electron chi connectivity index (χ3n) is 3.59. The molecule has 0 radical (unpaired) electrons. The molecule has 3 rings (SSSR count). The van der Waals surface area contributed by atoms with Gasteiger partial charge in [-0.05, 0) is 29.3 Å². The number of benzene rings is 2. The second-order valence-electron chi connectivity index (χ2n) is 4.80. The van der Waals surface area contributed by atoms with E-state index >= 15 is 0 Å². The van der Waals surface area contributed by atoms with E-state index in [9.17, 15) is 9.18 Å². The molecule has 2 nitrogen and oxygen atoms in total. The van der Waals surface area contributed by atoms with Gasteiger partial charge >= 0.3 is 0 Å². The number of aromatic amines is 1. The fourth-order valence-electron chi connectivity index (χ4n) is 2.63. The molecule has 0 aliphatic rings. The molecule has 100 valence electrons. The van der Waals surface area contributed by atoms with Crippen molar-refractivity contribution in [2.24, 2.45) is 0 Å². The standard InChI is InChI=1S/C17H14FNO/c18-13-6-7-15-16(11-19-17(15)10-13)14(8-9-20)12-4-2-1-3-5-12/h1-7,9-11,14,19H,8H2. The van der Waals surface area contributed by atoms with Gasteiger partial charge in [0, 0.05) is 29.4 Å². The number of fused-ring (bicyclic) bond motifs is 1. The largest absolute Gasteiger partial charge is 0.361 e. The van der Waals surface area contributed by atoms with E-state index in [4.69, 9.17) is 0 Å². The first kappa shape index (κ1) is 12.6. The molecule has 0 bridgehead atoms. The molecule has 20 heavy (non-hydrogen) atoms. The summed E-state index contributed by atoms with van der Waals surface area (Å²) in [7, 11) is 0. The minimum Gasteiger partial charge on any atom is -0.361 e. The Morgan fingerprint density at radius 1 is 1.15 bits per heavy atom. The summed E-state index contributed by atoms with van der Waals surface area (Å²) >= 11 is 0.